The summed E-state index contributed by atoms with van der Waals surface area (Å²) < 4.78 is 0. The van der Waals surface area contributed by atoms with Crippen LogP contribution in [0, 0.1) is 12.3 Å². The molecule has 0 aliphatic heterocycles. The normalized spacial score (nSPS) is 9.82. The van der Waals surface area contributed by atoms with Crippen molar-refractivity contribution in [3.63, 3.8) is 0 Å². The average molecular weight is 249 g/mol. The van der Waals surface area contributed by atoms with Gasteiger partial charge in [0.2, 0.25) is 0 Å². The Morgan fingerprint density at radius 1 is 1.47 bits per heavy atom. The van der Waals surface area contributed by atoms with E-state index in [0.717, 1.165) is 17.9 Å². The van der Waals surface area contributed by atoms with E-state index in [-0.39, 0.29) is 0 Å². The highest BCUT2D eigenvalue weighted by atomic mass is 32.2. The first-order chi connectivity index (χ1) is 8.25. The summed E-state index contributed by atoms with van der Waals surface area (Å²) in [6.45, 7) is 1.39. The fraction of sp³-hybridized carbons (Fsp3) is 0.308. The van der Waals surface area contributed by atoms with Crippen molar-refractivity contribution in [3.8, 4) is 12.3 Å². The van der Waals surface area contributed by atoms with Gasteiger partial charge in [-0.3, -0.25) is 0 Å². The lowest BCUT2D eigenvalue weighted by Crippen LogP contribution is -2.18. The van der Waals surface area contributed by atoms with E-state index in [0.29, 0.717) is 17.9 Å². The van der Waals surface area contributed by atoms with E-state index in [2.05, 4.69) is 11.2 Å². The summed E-state index contributed by atoms with van der Waals surface area (Å²) in [4.78, 5) is 10.9. The third kappa shape index (κ3) is 4.94. The topological polar surface area (TPSA) is 49.3 Å². The van der Waals surface area contributed by atoms with Crippen molar-refractivity contribution in [3.05, 3.63) is 35.4 Å². The second kappa shape index (κ2) is 7.77. The molecule has 3 nitrogen and oxygen atoms in total. The molecule has 0 heterocycles. The van der Waals surface area contributed by atoms with Gasteiger partial charge in [-0.25, -0.2) is 4.79 Å². The fourth-order valence-corrected chi connectivity index (χ4v) is 1.93. The smallest absolute Gasteiger partial charge is 0.336 e. The first-order valence-corrected chi connectivity index (χ1v) is 6.44. The molecule has 1 aromatic carbocycles. The number of terminal acetylenes is 1. The summed E-state index contributed by atoms with van der Waals surface area (Å²) in [6, 6.07) is 7.02. The monoisotopic (exact) mass is 249 g/mol. The number of carboxylic acids is 1. The number of aromatic carboxylic acids is 1. The molecule has 0 fully saturated rings. The van der Waals surface area contributed by atoms with Crippen LogP contribution in [0.15, 0.2) is 24.3 Å². The maximum atomic E-state index is 10.9. The largest absolute Gasteiger partial charge is 0.478 e. The first kappa shape index (κ1) is 13.6. The molecule has 1 aromatic rings. The molecule has 0 spiro atoms. The molecular formula is C13H15NO2S. The summed E-state index contributed by atoms with van der Waals surface area (Å²) in [5, 5.41) is 12.2. The van der Waals surface area contributed by atoms with E-state index in [1.807, 2.05) is 12.1 Å². The molecule has 2 N–H and O–H groups in total. The van der Waals surface area contributed by atoms with Crippen molar-refractivity contribution in [1.82, 2.24) is 5.32 Å². The molecule has 0 amide bonds. The molecule has 0 unspecified atom stereocenters. The molecule has 0 radical (unpaired) electrons. The number of benzene rings is 1. The fourth-order valence-electron chi connectivity index (χ4n) is 1.38. The average Bonchev–Trinajstić information content (AvgIpc) is 2.34. The Kier molecular flexibility index (Phi) is 6.23. The van der Waals surface area contributed by atoms with Gasteiger partial charge < -0.3 is 10.4 Å². The van der Waals surface area contributed by atoms with Gasteiger partial charge in [-0.15, -0.1) is 18.2 Å². The Morgan fingerprint density at radius 3 is 2.94 bits per heavy atom. The van der Waals surface area contributed by atoms with Crippen molar-refractivity contribution in [2.24, 2.45) is 0 Å². The number of nitrogens with one attached hydrogen (secondary N) is 1. The minimum atomic E-state index is -0.885. The third-order valence-electron chi connectivity index (χ3n) is 2.17. The van der Waals surface area contributed by atoms with Gasteiger partial charge in [-0.05, 0) is 11.6 Å². The number of hydrogen-bond donors (Lipinski definition) is 2. The van der Waals surface area contributed by atoms with E-state index >= 15 is 0 Å². The lowest BCUT2D eigenvalue weighted by Gasteiger charge is -2.07. The predicted octanol–water partition coefficient (Wildman–Crippen LogP) is 1.84. The van der Waals surface area contributed by atoms with Gasteiger partial charge in [0.15, 0.2) is 0 Å². The van der Waals surface area contributed by atoms with E-state index in [4.69, 9.17) is 11.5 Å². The Bertz CT molecular complexity index is 412. The lowest BCUT2D eigenvalue weighted by molar-refractivity contribution is 0.0695. The van der Waals surface area contributed by atoms with Gasteiger partial charge in [0.25, 0.3) is 0 Å². The molecule has 90 valence electrons. The minimum Gasteiger partial charge on any atom is -0.478 e. The molecule has 1 rings (SSSR count). The summed E-state index contributed by atoms with van der Waals surface area (Å²) in [5.74, 6) is 3.32. The molecular weight excluding hydrogens is 234 g/mol. The maximum absolute atomic E-state index is 10.9. The number of thioether (sulfide) groups is 1. The van der Waals surface area contributed by atoms with Crippen molar-refractivity contribution >= 4 is 17.7 Å². The van der Waals surface area contributed by atoms with Crippen LogP contribution in [0.2, 0.25) is 0 Å². The number of carbonyl (C=O) groups is 1. The van der Waals surface area contributed by atoms with Crippen LogP contribution >= 0.6 is 11.8 Å². The van der Waals surface area contributed by atoms with Gasteiger partial charge in [0.1, 0.15) is 0 Å². The highest BCUT2D eigenvalue weighted by molar-refractivity contribution is 7.99. The molecule has 0 aliphatic rings. The van der Waals surface area contributed by atoms with Crippen molar-refractivity contribution in [2.45, 2.75) is 6.54 Å². The second-order valence-electron chi connectivity index (χ2n) is 3.40. The van der Waals surface area contributed by atoms with E-state index in [1.54, 1.807) is 23.9 Å². The van der Waals surface area contributed by atoms with Crippen molar-refractivity contribution < 1.29 is 9.90 Å². The number of rotatable bonds is 7. The van der Waals surface area contributed by atoms with E-state index < -0.39 is 5.97 Å². The Labute approximate surface area is 106 Å². The van der Waals surface area contributed by atoms with Gasteiger partial charge in [-0.1, -0.05) is 24.1 Å². The maximum Gasteiger partial charge on any atom is 0.336 e. The van der Waals surface area contributed by atoms with Gasteiger partial charge in [-0.2, -0.15) is 0 Å². The molecule has 0 aliphatic carbocycles. The molecule has 0 saturated heterocycles. The summed E-state index contributed by atoms with van der Waals surface area (Å²) in [7, 11) is 0. The van der Waals surface area contributed by atoms with Crippen LogP contribution in [-0.4, -0.2) is 29.1 Å². The standard InChI is InChI=1S/C13H15NO2S/c1-2-8-17-9-7-14-10-11-5-3-4-6-12(11)13(15)16/h1,3-6,14H,7-10H2,(H,15,16). The van der Waals surface area contributed by atoms with Crippen LogP contribution in [0.5, 0.6) is 0 Å². The molecule has 4 heteroatoms. The quantitative estimate of drug-likeness (QED) is 0.572. The molecule has 0 saturated carbocycles. The Balaban J connectivity index is 2.37. The Hall–Kier alpha value is -1.44. The second-order valence-corrected chi connectivity index (χ2v) is 4.50. The molecule has 17 heavy (non-hydrogen) atoms. The predicted molar refractivity (Wildman–Crippen MR) is 71.3 cm³/mol. The zero-order chi connectivity index (χ0) is 12.5. The minimum absolute atomic E-state index is 0.358. The van der Waals surface area contributed by atoms with Gasteiger partial charge >= 0.3 is 5.97 Å². The molecule has 0 aromatic heterocycles. The van der Waals surface area contributed by atoms with Crippen LogP contribution in [-0.2, 0) is 6.54 Å². The number of carboxylic acid groups (broad SMARTS) is 1. The zero-order valence-corrected chi connectivity index (χ0v) is 10.3. The SMILES string of the molecule is C#CCSCCNCc1ccccc1C(=O)O. The van der Waals surface area contributed by atoms with Crippen LogP contribution in [0.1, 0.15) is 15.9 Å². The van der Waals surface area contributed by atoms with Crippen LogP contribution < -0.4 is 5.32 Å². The summed E-state index contributed by atoms with van der Waals surface area (Å²) in [6.07, 6.45) is 5.13. The lowest BCUT2D eigenvalue weighted by atomic mass is 10.1. The van der Waals surface area contributed by atoms with E-state index in [1.165, 1.54) is 0 Å². The summed E-state index contributed by atoms with van der Waals surface area (Å²) in [5.41, 5.74) is 1.17. The highest BCUT2D eigenvalue weighted by Crippen LogP contribution is 2.08. The summed E-state index contributed by atoms with van der Waals surface area (Å²) >= 11 is 1.68. The third-order valence-corrected chi connectivity index (χ3v) is 3.04. The van der Waals surface area contributed by atoms with Gasteiger partial charge in [0.05, 0.1) is 11.3 Å². The number of hydrogen-bond acceptors (Lipinski definition) is 3. The van der Waals surface area contributed by atoms with Crippen LogP contribution in [0.3, 0.4) is 0 Å². The molecule has 0 atom stereocenters. The van der Waals surface area contributed by atoms with E-state index in [9.17, 15) is 4.79 Å². The van der Waals surface area contributed by atoms with Crippen LogP contribution in [0.4, 0.5) is 0 Å². The van der Waals surface area contributed by atoms with Crippen molar-refractivity contribution in [1.29, 1.82) is 0 Å². The highest BCUT2D eigenvalue weighted by Gasteiger charge is 2.07. The first-order valence-electron chi connectivity index (χ1n) is 5.29. The van der Waals surface area contributed by atoms with Crippen molar-refractivity contribution in [2.75, 3.05) is 18.1 Å². The van der Waals surface area contributed by atoms with Crippen LogP contribution in [0.25, 0.3) is 0 Å². The zero-order valence-electron chi connectivity index (χ0n) is 9.48. The molecule has 0 bridgehead atoms. The van der Waals surface area contributed by atoms with Gasteiger partial charge in [0, 0.05) is 18.8 Å². The Morgan fingerprint density at radius 2 is 2.24 bits per heavy atom.